The summed E-state index contributed by atoms with van der Waals surface area (Å²) in [6.07, 6.45) is 0. The summed E-state index contributed by atoms with van der Waals surface area (Å²) in [5.74, 6) is 1.01. The second kappa shape index (κ2) is 7.66. The average Bonchev–Trinajstić information content (AvgIpc) is 2.58. The molecule has 0 fully saturated rings. The third-order valence-corrected chi connectivity index (χ3v) is 3.79. The number of para-hydroxylation sites is 1. The molecule has 0 aliphatic carbocycles. The topological polar surface area (TPSA) is 75.9 Å². The number of anilines is 3. The predicted molar refractivity (Wildman–Crippen MR) is 105 cm³/mol. The van der Waals surface area contributed by atoms with E-state index in [-0.39, 0.29) is 5.95 Å². The number of aromatic nitrogens is 2. The third kappa shape index (κ3) is 4.70. The fraction of sp³-hybridized carbons (Fsp3) is 0.200. The van der Waals surface area contributed by atoms with Crippen LogP contribution in [0.3, 0.4) is 0 Å². The minimum atomic E-state index is 0.273. The zero-order valence-corrected chi connectivity index (χ0v) is 14.6. The highest BCUT2D eigenvalue weighted by Crippen LogP contribution is 2.23. The number of hydrogen-bond donors (Lipinski definition) is 3. The van der Waals surface area contributed by atoms with Crippen molar-refractivity contribution in [3.8, 4) is 11.3 Å². The molecular formula is C20H23N5. The number of nitrogen functional groups attached to an aromatic ring is 1. The molecule has 0 atom stereocenters. The van der Waals surface area contributed by atoms with E-state index in [4.69, 9.17) is 5.73 Å². The lowest BCUT2D eigenvalue weighted by molar-refractivity contribution is 1.05. The second-order valence-corrected chi connectivity index (χ2v) is 6.09. The highest BCUT2D eigenvalue weighted by Gasteiger charge is 2.06. The Kier molecular flexibility index (Phi) is 5.14. The Morgan fingerprint density at radius 2 is 1.52 bits per heavy atom. The van der Waals surface area contributed by atoms with Crippen molar-refractivity contribution in [2.45, 2.75) is 13.8 Å². The van der Waals surface area contributed by atoms with Gasteiger partial charge in [0.2, 0.25) is 5.95 Å². The first-order valence-electron chi connectivity index (χ1n) is 8.36. The van der Waals surface area contributed by atoms with E-state index in [1.165, 1.54) is 11.1 Å². The molecule has 4 N–H and O–H groups in total. The smallest absolute Gasteiger partial charge is 0.222 e. The van der Waals surface area contributed by atoms with Crippen molar-refractivity contribution < 1.29 is 0 Å². The lowest BCUT2D eigenvalue weighted by atomic mass is 10.0. The van der Waals surface area contributed by atoms with Gasteiger partial charge >= 0.3 is 0 Å². The molecule has 0 aliphatic rings. The molecule has 0 bridgehead atoms. The molecule has 0 radical (unpaired) electrons. The van der Waals surface area contributed by atoms with Crippen LogP contribution < -0.4 is 16.4 Å². The van der Waals surface area contributed by atoms with Crippen molar-refractivity contribution in [2.24, 2.45) is 0 Å². The van der Waals surface area contributed by atoms with Crippen molar-refractivity contribution in [2.75, 3.05) is 29.5 Å². The Hall–Kier alpha value is -3.08. The zero-order valence-electron chi connectivity index (χ0n) is 14.6. The fourth-order valence-corrected chi connectivity index (χ4v) is 2.78. The molecule has 1 aromatic heterocycles. The summed E-state index contributed by atoms with van der Waals surface area (Å²) in [6.45, 7) is 5.68. The van der Waals surface area contributed by atoms with E-state index in [1.54, 1.807) is 0 Å². The van der Waals surface area contributed by atoms with Gasteiger partial charge in [-0.3, -0.25) is 0 Å². The Morgan fingerprint density at radius 3 is 2.24 bits per heavy atom. The normalized spacial score (nSPS) is 10.5. The number of nitrogens with zero attached hydrogens (tertiary/aromatic N) is 2. The van der Waals surface area contributed by atoms with E-state index in [2.05, 4.69) is 52.6 Å². The van der Waals surface area contributed by atoms with Crippen molar-refractivity contribution in [3.63, 3.8) is 0 Å². The van der Waals surface area contributed by atoms with Gasteiger partial charge in [0.1, 0.15) is 5.82 Å². The number of aryl methyl sites for hydroxylation is 2. The van der Waals surface area contributed by atoms with E-state index < -0.39 is 0 Å². The lowest BCUT2D eigenvalue weighted by Gasteiger charge is -2.11. The molecule has 5 nitrogen and oxygen atoms in total. The van der Waals surface area contributed by atoms with Crippen LogP contribution in [0.1, 0.15) is 11.1 Å². The SMILES string of the molecule is Cc1cc(C)cc(-c2cc(NCCNc3ccccc3)nc(N)n2)c1. The lowest BCUT2D eigenvalue weighted by Crippen LogP contribution is -2.15. The van der Waals surface area contributed by atoms with Crippen molar-refractivity contribution in [3.05, 3.63) is 65.7 Å². The number of nitrogens with two attached hydrogens (primary N) is 1. The number of hydrogen-bond acceptors (Lipinski definition) is 5. The molecule has 0 amide bonds. The summed E-state index contributed by atoms with van der Waals surface area (Å²) in [4.78, 5) is 8.65. The molecule has 1 heterocycles. The number of benzene rings is 2. The summed E-state index contributed by atoms with van der Waals surface area (Å²) in [7, 11) is 0. The zero-order chi connectivity index (χ0) is 17.6. The van der Waals surface area contributed by atoms with Crippen LogP contribution >= 0.6 is 0 Å². The first-order valence-corrected chi connectivity index (χ1v) is 8.36. The summed E-state index contributed by atoms with van der Waals surface area (Å²) >= 11 is 0. The molecule has 0 saturated heterocycles. The van der Waals surface area contributed by atoms with Crippen molar-refractivity contribution in [1.82, 2.24) is 9.97 Å². The summed E-state index contributed by atoms with van der Waals surface area (Å²) in [5.41, 5.74) is 11.3. The molecule has 0 unspecified atom stereocenters. The standard InChI is InChI=1S/C20H23N5/c1-14-10-15(2)12-16(11-14)18-13-19(25-20(21)24-18)23-9-8-22-17-6-4-3-5-7-17/h3-7,10-13,22H,8-9H2,1-2H3,(H3,21,23,24,25). The molecule has 2 aromatic carbocycles. The molecule has 3 rings (SSSR count). The van der Waals surface area contributed by atoms with Gasteiger partial charge < -0.3 is 16.4 Å². The number of nitrogens with one attached hydrogen (secondary N) is 2. The van der Waals surface area contributed by atoms with E-state index in [9.17, 15) is 0 Å². The van der Waals surface area contributed by atoms with Crippen molar-refractivity contribution >= 4 is 17.5 Å². The van der Waals surface area contributed by atoms with Crippen molar-refractivity contribution in [1.29, 1.82) is 0 Å². The quantitative estimate of drug-likeness (QED) is 0.597. The minimum absolute atomic E-state index is 0.273. The highest BCUT2D eigenvalue weighted by atomic mass is 15.1. The van der Waals surface area contributed by atoms with Crippen LogP contribution in [-0.4, -0.2) is 23.1 Å². The van der Waals surface area contributed by atoms with Gasteiger partial charge in [-0.15, -0.1) is 0 Å². The number of rotatable bonds is 6. The molecule has 25 heavy (non-hydrogen) atoms. The van der Waals surface area contributed by atoms with Gasteiger partial charge in [0.15, 0.2) is 0 Å². The first kappa shape index (κ1) is 16.8. The largest absolute Gasteiger partial charge is 0.383 e. The third-order valence-electron chi connectivity index (χ3n) is 3.79. The van der Waals surface area contributed by atoms with E-state index >= 15 is 0 Å². The maximum Gasteiger partial charge on any atom is 0.222 e. The van der Waals surface area contributed by atoms with Gasteiger partial charge in [0.05, 0.1) is 5.69 Å². The predicted octanol–water partition coefficient (Wildman–Crippen LogP) is 3.87. The Bertz CT molecular complexity index is 826. The fourth-order valence-electron chi connectivity index (χ4n) is 2.78. The van der Waals surface area contributed by atoms with E-state index in [1.807, 2.05) is 36.4 Å². The van der Waals surface area contributed by atoms with E-state index in [0.717, 1.165) is 35.9 Å². The minimum Gasteiger partial charge on any atom is -0.383 e. The van der Waals surface area contributed by atoms with Crippen LogP contribution in [-0.2, 0) is 0 Å². The summed E-state index contributed by atoms with van der Waals surface area (Å²) in [5, 5.41) is 6.66. The Morgan fingerprint density at radius 1 is 0.840 bits per heavy atom. The van der Waals surface area contributed by atoms with Crippen LogP contribution in [0, 0.1) is 13.8 Å². The maximum atomic E-state index is 5.89. The molecular weight excluding hydrogens is 310 g/mol. The van der Waals surface area contributed by atoms with Crippen LogP contribution in [0.25, 0.3) is 11.3 Å². The molecule has 3 aromatic rings. The van der Waals surface area contributed by atoms with Gasteiger partial charge in [0.25, 0.3) is 0 Å². The van der Waals surface area contributed by atoms with E-state index in [0.29, 0.717) is 0 Å². The molecule has 0 spiro atoms. The molecule has 0 saturated carbocycles. The monoisotopic (exact) mass is 333 g/mol. The summed E-state index contributed by atoms with van der Waals surface area (Å²) < 4.78 is 0. The molecule has 5 heteroatoms. The van der Waals surface area contributed by atoms with Crippen LogP contribution in [0.5, 0.6) is 0 Å². The van der Waals surface area contributed by atoms with Gasteiger partial charge in [0, 0.05) is 30.4 Å². The molecule has 128 valence electrons. The second-order valence-electron chi connectivity index (χ2n) is 6.09. The summed E-state index contributed by atoms with van der Waals surface area (Å²) in [6, 6.07) is 18.4. The average molecular weight is 333 g/mol. The van der Waals surface area contributed by atoms with Crippen LogP contribution in [0.15, 0.2) is 54.6 Å². The Labute approximate surface area is 148 Å². The van der Waals surface area contributed by atoms with Gasteiger partial charge in [-0.25, -0.2) is 4.98 Å². The first-order chi connectivity index (χ1) is 12.1. The van der Waals surface area contributed by atoms with Crippen LogP contribution in [0.2, 0.25) is 0 Å². The maximum absolute atomic E-state index is 5.89. The Balaban J connectivity index is 1.67. The molecule has 0 aliphatic heterocycles. The van der Waals surface area contributed by atoms with Gasteiger partial charge in [-0.05, 0) is 38.1 Å². The van der Waals surface area contributed by atoms with Gasteiger partial charge in [-0.1, -0.05) is 35.4 Å². The van der Waals surface area contributed by atoms with Crippen LogP contribution in [0.4, 0.5) is 17.5 Å². The highest BCUT2D eigenvalue weighted by molar-refractivity contribution is 5.65. The van der Waals surface area contributed by atoms with Gasteiger partial charge in [-0.2, -0.15) is 4.98 Å².